The van der Waals surface area contributed by atoms with Gasteiger partial charge in [-0.3, -0.25) is 4.79 Å². The van der Waals surface area contributed by atoms with Gasteiger partial charge in [-0.05, 0) is 37.1 Å². The minimum Gasteiger partial charge on any atom is -0.493 e. The second kappa shape index (κ2) is 8.12. The largest absolute Gasteiger partial charge is 0.493 e. The number of rotatable bonds is 7. The Balaban J connectivity index is 1.69. The molecule has 5 nitrogen and oxygen atoms in total. The molecule has 0 fully saturated rings. The van der Waals surface area contributed by atoms with Crippen LogP contribution in [0.4, 0.5) is 0 Å². The summed E-state index contributed by atoms with van der Waals surface area (Å²) in [7, 11) is 0. The highest BCUT2D eigenvalue weighted by Crippen LogP contribution is 2.21. The Morgan fingerprint density at radius 2 is 2.32 bits per heavy atom. The summed E-state index contributed by atoms with van der Waals surface area (Å²) in [6.07, 6.45) is 0.710. The molecule has 0 spiro atoms. The normalized spacial score (nSPS) is 10.5. The van der Waals surface area contributed by atoms with Crippen molar-refractivity contribution in [3.63, 3.8) is 0 Å². The van der Waals surface area contributed by atoms with Gasteiger partial charge in [-0.25, -0.2) is 4.98 Å². The molecule has 0 atom stereocenters. The molecular weight excluding hydrogens is 322 g/mol. The number of hydrogen-bond acceptors (Lipinski definition) is 5. The average Bonchev–Trinajstić information content (AvgIpc) is 2.97. The number of aryl methyl sites for hydroxylation is 1. The number of nitrogens with zero attached hydrogens (tertiary/aromatic N) is 1. The fourth-order valence-electron chi connectivity index (χ4n) is 1.83. The minimum absolute atomic E-state index is 0.182. The van der Waals surface area contributed by atoms with Crippen LogP contribution in [0.5, 0.6) is 5.75 Å². The summed E-state index contributed by atoms with van der Waals surface area (Å²) in [5.41, 5.74) is 6.88. The zero-order valence-corrected chi connectivity index (χ0v) is 13.8. The van der Waals surface area contributed by atoms with Crippen molar-refractivity contribution in [2.24, 2.45) is 5.73 Å². The number of nitrogens with two attached hydrogens (primary N) is 1. The van der Waals surface area contributed by atoms with E-state index in [2.05, 4.69) is 10.3 Å². The van der Waals surface area contributed by atoms with Gasteiger partial charge in [0.25, 0.3) is 5.91 Å². The van der Waals surface area contributed by atoms with Gasteiger partial charge in [0.05, 0.1) is 6.61 Å². The van der Waals surface area contributed by atoms with Gasteiger partial charge < -0.3 is 15.8 Å². The number of aromatic nitrogens is 1. The van der Waals surface area contributed by atoms with Crippen LogP contribution in [0.25, 0.3) is 0 Å². The van der Waals surface area contributed by atoms with Crippen molar-refractivity contribution in [3.05, 3.63) is 44.9 Å². The van der Waals surface area contributed by atoms with Gasteiger partial charge in [0, 0.05) is 23.5 Å². The lowest BCUT2D eigenvalue weighted by Crippen LogP contribution is -2.26. The molecule has 1 heterocycles. The van der Waals surface area contributed by atoms with E-state index in [0.717, 1.165) is 16.3 Å². The lowest BCUT2D eigenvalue weighted by atomic mass is 10.2. The number of benzene rings is 1. The van der Waals surface area contributed by atoms with Crippen LogP contribution in [0.1, 0.15) is 27.5 Å². The fraction of sp³-hybridized carbons (Fsp3) is 0.333. The van der Waals surface area contributed by atoms with Gasteiger partial charge in [-0.15, -0.1) is 11.3 Å². The van der Waals surface area contributed by atoms with E-state index in [-0.39, 0.29) is 5.91 Å². The summed E-state index contributed by atoms with van der Waals surface area (Å²) in [5, 5.41) is 5.97. The number of amides is 1. The highest BCUT2D eigenvalue weighted by atomic mass is 35.5. The lowest BCUT2D eigenvalue weighted by Gasteiger charge is -2.09. The number of carbonyl (C=O) groups excluding carboxylic acids is 1. The first-order valence-corrected chi connectivity index (χ1v) is 8.17. The lowest BCUT2D eigenvalue weighted by molar-refractivity contribution is 0.0947. The predicted octanol–water partition coefficient (Wildman–Crippen LogP) is 2.76. The molecule has 0 saturated heterocycles. The topological polar surface area (TPSA) is 77.2 Å². The smallest absolute Gasteiger partial charge is 0.270 e. The predicted molar refractivity (Wildman–Crippen MR) is 88.6 cm³/mol. The second-order valence-electron chi connectivity index (χ2n) is 4.70. The van der Waals surface area contributed by atoms with Crippen LogP contribution in [-0.2, 0) is 6.54 Å². The molecule has 3 N–H and O–H groups in total. The Bertz CT molecular complexity index is 645. The first-order valence-electron chi connectivity index (χ1n) is 6.92. The van der Waals surface area contributed by atoms with Crippen molar-refractivity contribution in [1.29, 1.82) is 0 Å². The van der Waals surface area contributed by atoms with E-state index in [1.54, 1.807) is 11.4 Å². The first kappa shape index (κ1) is 16.7. The fourth-order valence-corrected chi connectivity index (χ4v) is 2.71. The molecule has 0 saturated carbocycles. The Morgan fingerprint density at radius 1 is 1.50 bits per heavy atom. The van der Waals surface area contributed by atoms with Crippen molar-refractivity contribution in [2.45, 2.75) is 19.9 Å². The number of thiazole rings is 1. The van der Waals surface area contributed by atoms with Crippen molar-refractivity contribution in [1.82, 2.24) is 10.3 Å². The molecule has 0 radical (unpaired) electrons. The molecule has 0 aliphatic carbocycles. The van der Waals surface area contributed by atoms with Gasteiger partial charge in [0.1, 0.15) is 16.5 Å². The zero-order chi connectivity index (χ0) is 15.9. The van der Waals surface area contributed by atoms with Gasteiger partial charge in [0.15, 0.2) is 0 Å². The summed E-state index contributed by atoms with van der Waals surface area (Å²) in [6.45, 7) is 3.35. The average molecular weight is 340 g/mol. The van der Waals surface area contributed by atoms with E-state index < -0.39 is 0 Å². The maximum absolute atomic E-state index is 11.8. The molecule has 1 aromatic carbocycles. The number of nitrogens with one attached hydrogen (secondary N) is 1. The summed E-state index contributed by atoms with van der Waals surface area (Å²) < 4.78 is 5.66. The zero-order valence-electron chi connectivity index (χ0n) is 12.3. The molecule has 2 aromatic rings. The molecule has 1 amide bonds. The monoisotopic (exact) mass is 339 g/mol. The number of carbonyl (C=O) groups is 1. The minimum atomic E-state index is -0.182. The number of ether oxygens (including phenoxy) is 1. The van der Waals surface area contributed by atoms with E-state index in [1.807, 2.05) is 19.1 Å². The van der Waals surface area contributed by atoms with Crippen molar-refractivity contribution in [2.75, 3.05) is 13.2 Å². The number of halogens is 1. The highest BCUT2D eigenvalue weighted by molar-refractivity contribution is 7.09. The molecule has 1 aromatic heterocycles. The van der Waals surface area contributed by atoms with Crippen molar-refractivity contribution < 1.29 is 9.53 Å². The van der Waals surface area contributed by atoms with Crippen LogP contribution >= 0.6 is 22.9 Å². The van der Waals surface area contributed by atoms with E-state index in [4.69, 9.17) is 22.1 Å². The third-order valence-electron chi connectivity index (χ3n) is 2.96. The van der Waals surface area contributed by atoms with Gasteiger partial charge in [-0.2, -0.15) is 0 Å². The summed E-state index contributed by atoms with van der Waals surface area (Å²) in [4.78, 5) is 16.0. The van der Waals surface area contributed by atoms with E-state index in [0.29, 0.717) is 36.8 Å². The Kier molecular flexibility index (Phi) is 6.18. The molecule has 2 rings (SSSR count). The van der Waals surface area contributed by atoms with Crippen LogP contribution < -0.4 is 15.8 Å². The molecule has 0 aliphatic rings. The number of hydrogen-bond donors (Lipinski definition) is 2. The third-order valence-corrected chi connectivity index (χ3v) is 4.07. The van der Waals surface area contributed by atoms with Crippen LogP contribution in [0.2, 0.25) is 5.02 Å². The van der Waals surface area contributed by atoms with E-state index in [1.165, 1.54) is 11.3 Å². The van der Waals surface area contributed by atoms with Crippen LogP contribution in [0.3, 0.4) is 0 Å². The Morgan fingerprint density at radius 3 is 3.00 bits per heavy atom. The molecule has 7 heteroatoms. The quantitative estimate of drug-likeness (QED) is 0.760. The van der Waals surface area contributed by atoms with Gasteiger partial charge in [-0.1, -0.05) is 11.6 Å². The standard InChI is InChI=1S/C15H18ClN3O2S/c1-10-7-11(16)3-4-13(10)21-6-2-5-18-15(20)12-9-22-14(8-17)19-12/h3-4,7,9H,2,5-6,8,17H2,1H3,(H,18,20). The van der Waals surface area contributed by atoms with Crippen molar-refractivity contribution >= 4 is 28.8 Å². The molecule has 0 aliphatic heterocycles. The molecule has 0 bridgehead atoms. The third kappa shape index (κ3) is 4.69. The van der Waals surface area contributed by atoms with E-state index in [9.17, 15) is 4.79 Å². The molecular formula is C15H18ClN3O2S. The highest BCUT2D eigenvalue weighted by Gasteiger charge is 2.09. The van der Waals surface area contributed by atoms with Crippen LogP contribution in [-0.4, -0.2) is 24.0 Å². The van der Waals surface area contributed by atoms with Crippen LogP contribution in [0.15, 0.2) is 23.6 Å². The second-order valence-corrected chi connectivity index (χ2v) is 6.08. The van der Waals surface area contributed by atoms with Crippen molar-refractivity contribution in [3.8, 4) is 5.75 Å². The maximum atomic E-state index is 11.8. The molecule has 118 valence electrons. The Labute approximate surface area is 138 Å². The van der Waals surface area contributed by atoms with Crippen LogP contribution in [0, 0.1) is 6.92 Å². The summed E-state index contributed by atoms with van der Waals surface area (Å²) in [5.74, 6) is 0.626. The Hall–Kier alpha value is -1.63. The first-order chi connectivity index (χ1) is 10.6. The SMILES string of the molecule is Cc1cc(Cl)ccc1OCCCNC(=O)c1csc(CN)n1. The summed E-state index contributed by atoms with van der Waals surface area (Å²) in [6, 6.07) is 5.50. The van der Waals surface area contributed by atoms with Gasteiger partial charge >= 0.3 is 0 Å². The van der Waals surface area contributed by atoms with E-state index >= 15 is 0 Å². The van der Waals surface area contributed by atoms with Gasteiger partial charge in [0.2, 0.25) is 0 Å². The molecule has 0 unspecified atom stereocenters. The summed E-state index contributed by atoms with van der Waals surface area (Å²) >= 11 is 7.28. The molecule has 22 heavy (non-hydrogen) atoms. The maximum Gasteiger partial charge on any atom is 0.270 e.